The molecule has 1 aromatic heterocycles. The van der Waals surface area contributed by atoms with Crippen molar-refractivity contribution >= 4 is 38.6 Å². The zero-order chi connectivity index (χ0) is 12.4. The number of aryl methyl sites for hydroxylation is 1. The summed E-state index contributed by atoms with van der Waals surface area (Å²) in [4.78, 5) is 3.52. The minimum absolute atomic E-state index is 0.836. The zero-order valence-corrected chi connectivity index (χ0v) is 12.3. The predicted molar refractivity (Wildman–Crippen MR) is 79.7 cm³/mol. The van der Waals surface area contributed by atoms with Gasteiger partial charge in [-0.05, 0) is 40.5 Å². The van der Waals surface area contributed by atoms with Gasteiger partial charge >= 0.3 is 0 Å². The van der Waals surface area contributed by atoms with Crippen LogP contribution in [0.2, 0.25) is 0 Å². The van der Waals surface area contributed by atoms with Gasteiger partial charge < -0.3 is 10.6 Å². The van der Waals surface area contributed by atoms with Crippen molar-refractivity contribution in [1.82, 2.24) is 0 Å². The Morgan fingerprint density at radius 3 is 2.76 bits per heavy atom. The van der Waals surface area contributed by atoms with Crippen molar-refractivity contribution in [2.75, 3.05) is 17.7 Å². The van der Waals surface area contributed by atoms with Crippen LogP contribution in [0.15, 0.2) is 34.1 Å². The van der Waals surface area contributed by atoms with Gasteiger partial charge in [0.2, 0.25) is 0 Å². The van der Waals surface area contributed by atoms with Crippen molar-refractivity contribution in [1.29, 1.82) is 0 Å². The summed E-state index contributed by atoms with van der Waals surface area (Å²) in [6.07, 6.45) is 0. The molecule has 0 aliphatic heterocycles. The van der Waals surface area contributed by atoms with Crippen LogP contribution in [0.25, 0.3) is 0 Å². The lowest BCUT2D eigenvalue weighted by atomic mass is 10.1. The van der Waals surface area contributed by atoms with Gasteiger partial charge in [-0.3, -0.25) is 0 Å². The Kier molecular flexibility index (Phi) is 3.74. The van der Waals surface area contributed by atoms with E-state index in [0.717, 1.165) is 22.4 Å². The molecule has 1 aromatic carbocycles. The maximum Gasteiger partial charge on any atom is 0.0630 e. The Morgan fingerprint density at radius 2 is 2.18 bits per heavy atom. The fourth-order valence-electron chi connectivity index (χ4n) is 1.95. The van der Waals surface area contributed by atoms with Gasteiger partial charge in [-0.2, -0.15) is 0 Å². The van der Waals surface area contributed by atoms with Crippen molar-refractivity contribution in [2.45, 2.75) is 13.5 Å². The van der Waals surface area contributed by atoms with Gasteiger partial charge in [0.05, 0.1) is 17.9 Å². The Bertz CT molecular complexity index is 502. The molecular weight excluding hydrogens is 296 g/mol. The molecule has 4 heteroatoms. The number of benzene rings is 1. The first-order chi connectivity index (χ1) is 8.08. The van der Waals surface area contributed by atoms with Crippen molar-refractivity contribution in [3.63, 3.8) is 0 Å². The highest BCUT2D eigenvalue weighted by Gasteiger charge is 2.09. The van der Waals surface area contributed by atoms with E-state index >= 15 is 0 Å². The molecule has 0 bridgehead atoms. The molecule has 2 nitrogen and oxygen atoms in total. The molecule has 2 rings (SSSR count). The Labute approximate surface area is 114 Å². The van der Waals surface area contributed by atoms with E-state index in [4.69, 9.17) is 5.73 Å². The molecular formula is C13H15BrN2S. The second kappa shape index (κ2) is 5.10. The third-order valence-corrected chi connectivity index (χ3v) is 4.35. The van der Waals surface area contributed by atoms with Gasteiger partial charge in [0.15, 0.2) is 0 Å². The zero-order valence-electron chi connectivity index (χ0n) is 9.90. The average molecular weight is 311 g/mol. The molecule has 0 spiro atoms. The first-order valence-corrected chi connectivity index (χ1v) is 7.04. The van der Waals surface area contributed by atoms with Crippen LogP contribution in [0.4, 0.5) is 11.4 Å². The van der Waals surface area contributed by atoms with Crippen LogP contribution >= 0.6 is 27.3 Å². The fraction of sp³-hybridized carbons (Fsp3) is 0.231. The van der Waals surface area contributed by atoms with Gasteiger partial charge in [-0.25, -0.2) is 0 Å². The summed E-state index contributed by atoms with van der Waals surface area (Å²) in [6.45, 7) is 2.97. The molecule has 0 fully saturated rings. The van der Waals surface area contributed by atoms with Gasteiger partial charge in [0, 0.05) is 21.8 Å². The maximum absolute atomic E-state index is 6.03. The van der Waals surface area contributed by atoms with Gasteiger partial charge in [-0.1, -0.05) is 12.1 Å². The Morgan fingerprint density at radius 1 is 1.41 bits per heavy atom. The van der Waals surface area contributed by atoms with Gasteiger partial charge in [-0.15, -0.1) is 11.3 Å². The predicted octanol–water partition coefficient (Wildman–Crippen LogP) is 4.04. The van der Waals surface area contributed by atoms with Crippen LogP contribution in [-0.4, -0.2) is 7.05 Å². The monoisotopic (exact) mass is 310 g/mol. The number of halogens is 1. The number of nitrogen functional groups attached to an aromatic ring is 1. The largest absolute Gasteiger partial charge is 0.397 e. The molecule has 0 saturated carbocycles. The summed E-state index contributed by atoms with van der Waals surface area (Å²) >= 11 is 5.23. The number of nitrogens with two attached hydrogens (primary N) is 1. The van der Waals surface area contributed by atoms with Crippen LogP contribution in [0, 0.1) is 6.92 Å². The fourth-order valence-corrected chi connectivity index (χ4v) is 3.46. The molecule has 0 saturated heterocycles. The van der Waals surface area contributed by atoms with E-state index < -0.39 is 0 Å². The van der Waals surface area contributed by atoms with Crippen LogP contribution in [0.3, 0.4) is 0 Å². The number of anilines is 2. The van der Waals surface area contributed by atoms with Crippen molar-refractivity contribution < 1.29 is 0 Å². The molecule has 0 atom stereocenters. The lowest BCUT2D eigenvalue weighted by molar-refractivity contribution is 0.935. The Balaban J connectivity index is 2.22. The topological polar surface area (TPSA) is 29.3 Å². The normalized spacial score (nSPS) is 10.5. The minimum atomic E-state index is 0.836. The van der Waals surface area contributed by atoms with E-state index in [9.17, 15) is 0 Å². The quantitative estimate of drug-likeness (QED) is 0.867. The molecule has 2 N–H and O–H groups in total. The van der Waals surface area contributed by atoms with Crippen molar-refractivity contribution in [3.8, 4) is 0 Å². The Hall–Kier alpha value is -1.000. The first kappa shape index (κ1) is 12.5. The van der Waals surface area contributed by atoms with Crippen molar-refractivity contribution in [2.24, 2.45) is 0 Å². The third kappa shape index (κ3) is 2.82. The van der Waals surface area contributed by atoms with Gasteiger partial charge in [0.1, 0.15) is 0 Å². The van der Waals surface area contributed by atoms with E-state index in [1.54, 1.807) is 11.3 Å². The number of thiophene rings is 1. The molecule has 0 aliphatic rings. The molecule has 1 heterocycles. The first-order valence-electron chi connectivity index (χ1n) is 5.37. The molecule has 0 aliphatic carbocycles. The lowest BCUT2D eigenvalue weighted by Crippen LogP contribution is -2.18. The number of hydrogen-bond acceptors (Lipinski definition) is 3. The van der Waals surface area contributed by atoms with E-state index in [1.165, 1.54) is 10.4 Å². The molecule has 2 aromatic rings. The second-order valence-electron chi connectivity index (χ2n) is 4.10. The maximum atomic E-state index is 6.03. The molecule has 0 unspecified atom stereocenters. The molecule has 0 radical (unpaired) electrons. The smallest absolute Gasteiger partial charge is 0.0630 e. The number of nitrogens with zero attached hydrogens (tertiary/aromatic N) is 1. The summed E-state index contributed by atoms with van der Waals surface area (Å²) in [5, 5.41) is 2.10. The van der Waals surface area contributed by atoms with Gasteiger partial charge in [0.25, 0.3) is 0 Å². The standard InChI is InChI=1S/C13H15BrN2S/c1-9-4-3-5-12(15)13(9)16(2)7-11-6-10(14)8-17-11/h3-6,8H,7,15H2,1-2H3. The SMILES string of the molecule is Cc1cccc(N)c1N(C)Cc1cc(Br)cs1. The number of para-hydroxylation sites is 1. The summed E-state index contributed by atoms with van der Waals surface area (Å²) in [5.41, 5.74) is 9.20. The van der Waals surface area contributed by atoms with E-state index in [2.05, 4.69) is 52.3 Å². The van der Waals surface area contributed by atoms with E-state index in [1.807, 2.05) is 12.1 Å². The third-order valence-electron chi connectivity index (χ3n) is 2.67. The summed E-state index contributed by atoms with van der Waals surface area (Å²) in [5.74, 6) is 0. The van der Waals surface area contributed by atoms with Crippen LogP contribution in [-0.2, 0) is 6.54 Å². The minimum Gasteiger partial charge on any atom is -0.397 e. The van der Waals surface area contributed by atoms with E-state index in [-0.39, 0.29) is 0 Å². The highest BCUT2D eigenvalue weighted by Crippen LogP contribution is 2.29. The van der Waals surface area contributed by atoms with Crippen LogP contribution in [0.1, 0.15) is 10.4 Å². The number of hydrogen-bond donors (Lipinski definition) is 1. The van der Waals surface area contributed by atoms with Crippen LogP contribution in [0.5, 0.6) is 0 Å². The summed E-state index contributed by atoms with van der Waals surface area (Å²) in [6, 6.07) is 8.18. The average Bonchev–Trinajstić information content (AvgIpc) is 2.63. The second-order valence-corrected chi connectivity index (χ2v) is 6.01. The van der Waals surface area contributed by atoms with Crippen LogP contribution < -0.4 is 10.6 Å². The number of rotatable bonds is 3. The summed E-state index contributed by atoms with van der Waals surface area (Å²) < 4.78 is 1.14. The molecule has 90 valence electrons. The molecule has 0 amide bonds. The highest BCUT2D eigenvalue weighted by molar-refractivity contribution is 9.10. The van der Waals surface area contributed by atoms with E-state index in [0.29, 0.717) is 0 Å². The van der Waals surface area contributed by atoms with Crippen molar-refractivity contribution in [3.05, 3.63) is 44.6 Å². The lowest BCUT2D eigenvalue weighted by Gasteiger charge is -2.22. The summed E-state index contributed by atoms with van der Waals surface area (Å²) in [7, 11) is 2.08. The molecule has 17 heavy (non-hydrogen) atoms. The highest BCUT2D eigenvalue weighted by atomic mass is 79.9.